The van der Waals surface area contributed by atoms with E-state index in [9.17, 15) is 19.3 Å². The molecule has 1 atom stereocenters. The number of hydrogen-bond donors (Lipinski definition) is 2. The maximum atomic E-state index is 12.5. The summed E-state index contributed by atoms with van der Waals surface area (Å²) in [5.74, 6) is 0.310. The number of rotatable bonds is 7. The van der Waals surface area contributed by atoms with Crippen LogP contribution in [0.15, 0.2) is 54.7 Å². The van der Waals surface area contributed by atoms with E-state index in [-0.39, 0.29) is 18.4 Å². The maximum absolute atomic E-state index is 12.5. The summed E-state index contributed by atoms with van der Waals surface area (Å²) in [5.41, 5.74) is 0.932. The second-order valence-electron chi connectivity index (χ2n) is 7.54. The van der Waals surface area contributed by atoms with Gasteiger partial charge >= 0.3 is 17.9 Å². The lowest BCUT2D eigenvalue weighted by Gasteiger charge is -2.22. The van der Waals surface area contributed by atoms with Crippen LogP contribution in [-0.4, -0.2) is 32.7 Å². The van der Waals surface area contributed by atoms with Crippen molar-refractivity contribution < 1.29 is 23.6 Å². The van der Waals surface area contributed by atoms with Gasteiger partial charge in [0.05, 0.1) is 6.54 Å². The van der Waals surface area contributed by atoms with Crippen LogP contribution in [0.3, 0.4) is 0 Å². The quantitative estimate of drug-likeness (QED) is 0.420. The SMILES string of the molecule is C[C@]1(COc2ccc(NC(=O)Nc3ccc(CF)cc3)cc2)Cn2cc([N+](=O)[O-])nc2O1. The van der Waals surface area contributed by atoms with Crippen molar-refractivity contribution in [2.45, 2.75) is 25.7 Å². The van der Waals surface area contributed by atoms with E-state index in [1.54, 1.807) is 53.1 Å². The van der Waals surface area contributed by atoms with Crippen LogP contribution in [0.1, 0.15) is 12.5 Å². The molecule has 2 amide bonds. The second-order valence-corrected chi connectivity index (χ2v) is 7.54. The van der Waals surface area contributed by atoms with Gasteiger partial charge in [0.25, 0.3) is 0 Å². The second kappa shape index (κ2) is 8.53. The molecule has 3 aromatic rings. The number of imidazole rings is 1. The summed E-state index contributed by atoms with van der Waals surface area (Å²) in [6, 6.07) is 13.0. The Morgan fingerprint density at radius 1 is 1.22 bits per heavy atom. The highest BCUT2D eigenvalue weighted by molar-refractivity contribution is 5.99. The number of nitrogens with one attached hydrogen (secondary N) is 2. The molecular weight excluding hydrogens is 421 g/mol. The third kappa shape index (κ3) is 4.77. The van der Waals surface area contributed by atoms with Crippen LogP contribution < -0.4 is 20.1 Å². The Hall–Kier alpha value is -4.15. The number of carbonyl (C=O) groups excluding carboxylic acids is 1. The highest BCUT2D eigenvalue weighted by Crippen LogP contribution is 2.31. The van der Waals surface area contributed by atoms with E-state index in [1.165, 1.54) is 6.20 Å². The van der Waals surface area contributed by atoms with Crippen molar-refractivity contribution in [1.82, 2.24) is 9.55 Å². The third-order valence-corrected chi connectivity index (χ3v) is 4.78. The summed E-state index contributed by atoms with van der Waals surface area (Å²) in [7, 11) is 0. The van der Waals surface area contributed by atoms with Crippen LogP contribution in [0, 0.1) is 10.1 Å². The predicted molar refractivity (Wildman–Crippen MR) is 114 cm³/mol. The van der Waals surface area contributed by atoms with Crippen molar-refractivity contribution in [3.63, 3.8) is 0 Å². The molecule has 1 aromatic heterocycles. The summed E-state index contributed by atoms with van der Waals surface area (Å²) < 4.78 is 25.7. The third-order valence-electron chi connectivity index (χ3n) is 4.78. The van der Waals surface area contributed by atoms with Crippen molar-refractivity contribution in [2.75, 3.05) is 17.2 Å². The van der Waals surface area contributed by atoms with E-state index >= 15 is 0 Å². The molecule has 0 bridgehead atoms. The number of anilines is 2. The standard InChI is InChI=1S/C21H20FN5O5/c1-21(12-26-11-18(27(29)30)25-20(26)32-21)13-31-17-8-6-16(7-9-17)24-19(28)23-15-4-2-14(10-22)3-5-15/h2-9,11H,10,12-13H2,1H3,(H2,23,24,28)/t21-/m1/s1. The molecule has 32 heavy (non-hydrogen) atoms. The zero-order valence-electron chi connectivity index (χ0n) is 17.1. The van der Waals surface area contributed by atoms with Gasteiger partial charge in [-0.3, -0.25) is 4.57 Å². The lowest BCUT2D eigenvalue weighted by molar-refractivity contribution is -0.389. The number of amides is 2. The van der Waals surface area contributed by atoms with E-state index in [0.717, 1.165) is 0 Å². The minimum absolute atomic E-state index is 0.188. The predicted octanol–water partition coefficient (Wildman–Crippen LogP) is 4.13. The molecule has 2 aromatic carbocycles. The van der Waals surface area contributed by atoms with Gasteiger partial charge in [-0.1, -0.05) is 12.1 Å². The van der Waals surface area contributed by atoms with Gasteiger partial charge in [0, 0.05) is 16.4 Å². The zero-order valence-corrected chi connectivity index (χ0v) is 17.1. The van der Waals surface area contributed by atoms with Crippen molar-refractivity contribution in [3.05, 3.63) is 70.4 Å². The molecule has 2 N–H and O–H groups in total. The zero-order chi connectivity index (χ0) is 22.7. The Morgan fingerprint density at radius 3 is 2.41 bits per heavy atom. The molecule has 10 nitrogen and oxygen atoms in total. The molecule has 0 spiro atoms. The van der Waals surface area contributed by atoms with Crippen LogP contribution in [0.25, 0.3) is 0 Å². The molecule has 1 aliphatic rings. The van der Waals surface area contributed by atoms with Crippen LogP contribution >= 0.6 is 0 Å². The number of ether oxygens (including phenoxy) is 2. The van der Waals surface area contributed by atoms with Crippen LogP contribution in [-0.2, 0) is 13.2 Å². The van der Waals surface area contributed by atoms with Gasteiger partial charge in [0.2, 0.25) is 0 Å². The number of carbonyl (C=O) groups is 1. The number of nitro groups is 1. The van der Waals surface area contributed by atoms with Gasteiger partial charge in [0.1, 0.15) is 25.2 Å². The molecule has 166 valence electrons. The van der Waals surface area contributed by atoms with Crippen molar-refractivity contribution in [1.29, 1.82) is 0 Å². The van der Waals surface area contributed by atoms with E-state index in [0.29, 0.717) is 29.2 Å². The largest absolute Gasteiger partial charge is 0.489 e. The maximum Gasteiger partial charge on any atom is 0.415 e. The topological polar surface area (TPSA) is 121 Å². The molecule has 4 rings (SSSR count). The van der Waals surface area contributed by atoms with Crippen molar-refractivity contribution in [2.24, 2.45) is 0 Å². The number of fused-ring (bicyclic) bond motifs is 1. The van der Waals surface area contributed by atoms with Gasteiger partial charge in [0.15, 0.2) is 5.60 Å². The minimum atomic E-state index is -0.716. The van der Waals surface area contributed by atoms with Crippen molar-refractivity contribution >= 4 is 23.2 Å². The average Bonchev–Trinajstić information content (AvgIpc) is 3.29. The van der Waals surface area contributed by atoms with E-state index in [2.05, 4.69) is 15.6 Å². The Balaban J connectivity index is 1.27. The number of urea groups is 1. The van der Waals surface area contributed by atoms with Gasteiger partial charge in [-0.25, -0.2) is 9.18 Å². The molecule has 2 heterocycles. The summed E-state index contributed by atoms with van der Waals surface area (Å²) in [5, 5.41) is 16.2. The normalized spacial score (nSPS) is 16.7. The molecular formula is C21H20FN5O5. The number of halogens is 1. The highest BCUT2D eigenvalue weighted by Gasteiger charge is 2.41. The first-order valence-corrected chi connectivity index (χ1v) is 9.70. The lowest BCUT2D eigenvalue weighted by atomic mass is 10.1. The summed E-state index contributed by atoms with van der Waals surface area (Å²) in [6.07, 6.45) is 1.33. The fraction of sp³-hybridized carbons (Fsp3) is 0.238. The van der Waals surface area contributed by atoms with E-state index in [4.69, 9.17) is 9.47 Å². The van der Waals surface area contributed by atoms with Crippen molar-refractivity contribution in [3.8, 4) is 11.8 Å². The van der Waals surface area contributed by atoms with Crippen LogP contribution in [0.4, 0.5) is 26.4 Å². The fourth-order valence-corrected chi connectivity index (χ4v) is 3.20. The van der Waals surface area contributed by atoms with Gasteiger partial charge in [-0.05, 0) is 53.8 Å². The Morgan fingerprint density at radius 2 is 1.84 bits per heavy atom. The first-order valence-electron chi connectivity index (χ1n) is 9.70. The Kier molecular flexibility index (Phi) is 5.63. The van der Waals surface area contributed by atoms with E-state index in [1.807, 2.05) is 6.92 Å². The average molecular weight is 441 g/mol. The smallest absolute Gasteiger partial charge is 0.415 e. The number of benzene rings is 2. The summed E-state index contributed by atoms with van der Waals surface area (Å²) in [4.78, 5) is 26.2. The molecule has 0 saturated carbocycles. The number of nitrogens with zero attached hydrogens (tertiary/aromatic N) is 3. The first-order chi connectivity index (χ1) is 15.3. The minimum Gasteiger partial charge on any atom is -0.489 e. The molecule has 0 radical (unpaired) electrons. The number of aromatic nitrogens is 2. The lowest BCUT2D eigenvalue weighted by Crippen LogP contribution is -2.38. The molecule has 0 aliphatic carbocycles. The van der Waals surface area contributed by atoms with Gasteiger partial charge in [-0.15, -0.1) is 0 Å². The fourth-order valence-electron chi connectivity index (χ4n) is 3.20. The molecule has 0 saturated heterocycles. The summed E-state index contributed by atoms with van der Waals surface area (Å²) in [6.45, 7) is 1.84. The monoisotopic (exact) mass is 441 g/mol. The van der Waals surface area contributed by atoms with Gasteiger partial charge in [-0.2, -0.15) is 0 Å². The summed E-state index contributed by atoms with van der Waals surface area (Å²) >= 11 is 0. The molecule has 11 heteroatoms. The Bertz CT molecular complexity index is 1110. The van der Waals surface area contributed by atoms with E-state index < -0.39 is 23.2 Å². The Labute approximate surface area is 182 Å². The molecule has 1 aliphatic heterocycles. The van der Waals surface area contributed by atoms with Gasteiger partial charge < -0.3 is 30.2 Å². The number of hydrogen-bond acceptors (Lipinski definition) is 6. The molecule has 0 fully saturated rings. The van der Waals surface area contributed by atoms with Crippen LogP contribution in [0.2, 0.25) is 0 Å². The molecule has 0 unspecified atom stereocenters. The highest BCUT2D eigenvalue weighted by atomic mass is 19.1. The number of alkyl halides is 1. The first kappa shape index (κ1) is 21.1. The van der Waals surface area contributed by atoms with Crippen LogP contribution in [0.5, 0.6) is 11.8 Å².